The second kappa shape index (κ2) is 10.4. The highest BCUT2D eigenvalue weighted by atomic mass is 32.1. The molecule has 164 valence electrons. The van der Waals surface area contributed by atoms with Gasteiger partial charge in [0.05, 0.1) is 12.8 Å². The zero-order valence-corrected chi connectivity index (χ0v) is 18.8. The van der Waals surface area contributed by atoms with Gasteiger partial charge in [-0.15, -0.1) is 11.3 Å². The molecular weight excluding hydrogens is 415 g/mol. The molecule has 2 aromatic heterocycles. The van der Waals surface area contributed by atoms with Crippen molar-refractivity contribution in [3.05, 3.63) is 81.7 Å². The van der Waals surface area contributed by atoms with Gasteiger partial charge in [0.1, 0.15) is 12.4 Å². The molecule has 2 heterocycles. The second-order valence-corrected chi connectivity index (χ2v) is 8.93. The zero-order chi connectivity index (χ0) is 22.4. The molecule has 0 saturated heterocycles. The number of nitrogens with zero attached hydrogens (tertiary/aromatic N) is 2. The lowest BCUT2D eigenvalue weighted by Crippen LogP contribution is -2.46. The minimum atomic E-state index is -0.317. The lowest BCUT2D eigenvalue weighted by Gasteiger charge is -2.30. The van der Waals surface area contributed by atoms with Gasteiger partial charge in [-0.3, -0.25) is 9.59 Å². The minimum Gasteiger partial charge on any atom is -0.459 e. The maximum Gasteiger partial charge on any atom is 0.290 e. The van der Waals surface area contributed by atoms with Gasteiger partial charge in [0.2, 0.25) is 5.91 Å². The summed E-state index contributed by atoms with van der Waals surface area (Å²) in [6.07, 6.45) is 2.16. The maximum atomic E-state index is 13.4. The average Bonchev–Trinajstić information content (AvgIpc) is 3.44. The molecule has 0 aliphatic heterocycles. The van der Waals surface area contributed by atoms with Crippen LogP contribution in [0, 0.1) is 12.7 Å². The van der Waals surface area contributed by atoms with Crippen molar-refractivity contribution in [3.63, 3.8) is 0 Å². The highest BCUT2D eigenvalue weighted by Crippen LogP contribution is 2.20. The molecule has 0 saturated carbocycles. The number of benzene rings is 1. The van der Waals surface area contributed by atoms with E-state index in [-0.39, 0.29) is 36.0 Å². The van der Waals surface area contributed by atoms with Gasteiger partial charge >= 0.3 is 0 Å². The summed E-state index contributed by atoms with van der Waals surface area (Å²) in [6, 6.07) is 13.3. The summed E-state index contributed by atoms with van der Waals surface area (Å²) in [4.78, 5) is 31.8. The molecular formula is C24H27FN2O3S. The van der Waals surface area contributed by atoms with Gasteiger partial charge in [0.25, 0.3) is 5.91 Å². The van der Waals surface area contributed by atoms with Crippen molar-refractivity contribution in [2.75, 3.05) is 6.54 Å². The molecule has 3 rings (SSSR count). The van der Waals surface area contributed by atoms with E-state index in [0.29, 0.717) is 19.5 Å². The number of hydrogen-bond donors (Lipinski definition) is 0. The van der Waals surface area contributed by atoms with Crippen molar-refractivity contribution in [1.82, 2.24) is 9.80 Å². The van der Waals surface area contributed by atoms with Gasteiger partial charge < -0.3 is 14.2 Å². The molecule has 0 aliphatic rings. The average molecular weight is 443 g/mol. The number of carbonyl (C=O) groups excluding carboxylic acids is 2. The van der Waals surface area contributed by atoms with Crippen LogP contribution in [0.25, 0.3) is 0 Å². The third-order valence-corrected chi connectivity index (χ3v) is 6.19. The Hall–Kier alpha value is -2.93. The van der Waals surface area contributed by atoms with Crippen LogP contribution < -0.4 is 0 Å². The number of halogens is 1. The van der Waals surface area contributed by atoms with Gasteiger partial charge in [0.15, 0.2) is 5.76 Å². The molecule has 0 fully saturated rings. The van der Waals surface area contributed by atoms with Gasteiger partial charge in [-0.1, -0.05) is 19.1 Å². The molecule has 0 spiro atoms. The quantitative estimate of drug-likeness (QED) is 0.454. The first-order valence-electron chi connectivity index (χ1n) is 10.3. The van der Waals surface area contributed by atoms with E-state index < -0.39 is 0 Å². The number of amides is 2. The fourth-order valence-electron chi connectivity index (χ4n) is 3.24. The van der Waals surface area contributed by atoms with Crippen LogP contribution in [0.4, 0.5) is 4.39 Å². The number of aryl methyl sites for hydroxylation is 1. The van der Waals surface area contributed by atoms with E-state index in [4.69, 9.17) is 4.42 Å². The van der Waals surface area contributed by atoms with E-state index in [1.165, 1.54) is 23.3 Å². The van der Waals surface area contributed by atoms with Gasteiger partial charge in [-0.25, -0.2) is 4.39 Å². The molecule has 2 amide bonds. The van der Waals surface area contributed by atoms with Crippen molar-refractivity contribution in [2.24, 2.45) is 0 Å². The van der Waals surface area contributed by atoms with Crippen LogP contribution in [-0.2, 0) is 17.9 Å². The Balaban J connectivity index is 1.82. The van der Waals surface area contributed by atoms with Crippen LogP contribution in [0.3, 0.4) is 0 Å². The molecule has 0 radical (unpaired) electrons. The van der Waals surface area contributed by atoms with Gasteiger partial charge in [0, 0.05) is 22.3 Å². The standard InChI is InChI=1S/C24H27FN2O3S/c1-4-17(2)27(24(29)22-6-5-13-30-22)16-23(28)26(15-21-12-7-18(3)31-21)14-19-8-10-20(25)11-9-19/h5-13,17H,4,14-16H2,1-3H3/t17-/m1/s1. The van der Waals surface area contributed by atoms with Crippen molar-refractivity contribution < 1.29 is 18.4 Å². The molecule has 1 aromatic carbocycles. The Labute approximate surface area is 186 Å². The first-order chi connectivity index (χ1) is 14.9. The first-order valence-corrected chi connectivity index (χ1v) is 11.1. The Morgan fingerprint density at radius 3 is 2.42 bits per heavy atom. The summed E-state index contributed by atoms with van der Waals surface area (Å²) in [5.74, 6) is -0.577. The number of rotatable bonds is 9. The topological polar surface area (TPSA) is 53.8 Å². The van der Waals surface area contributed by atoms with E-state index >= 15 is 0 Å². The Morgan fingerprint density at radius 2 is 1.84 bits per heavy atom. The molecule has 0 bridgehead atoms. The third kappa shape index (κ3) is 6.04. The van der Waals surface area contributed by atoms with Crippen molar-refractivity contribution in [2.45, 2.75) is 46.3 Å². The Morgan fingerprint density at radius 1 is 1.10 bits per heavy atom. The molecule has 1 atom stereocenters. The summed E-state index contributed by atoms with van der Waals surface area (Å²) >= 11 is 1.63. The van der Waals surface area contributed by atoms with Crippen molar-refractivity contribution >= 4 is 23.2 Å². The summed E-state index contributed by atoms with van der Waals surface area (Å²) in [7, 11) is 0. The molecule has 0 aliphatic carbocycles. The molecule has 31 heavy (non-hydrogen) atoms. The number of hydrogen-bond acceptors (Lipinski definition) is 4. The van der Waals surface area contributed by atoms with Crippen LogP contribution in [0.5, 0.6) is 0 Å². The minimum absolute atomic E-state index is 0.0555. The molecule has 5 nitrogen and oxygen atoms in total. The van der Waals surface area contributed by atoms with Crippen molar-refractivity contribution in [3.8, 4) is 0 Å². The predicted molar refractivity (Wildman–Crippen MR) is 119 cm³/mol. The number of carbonyl (C=O) groups is 2. The summed E-state index contributed by atoms with van der Waals surface area (Å²) in [6.45, 7) is 6.62. The molecule has 0 unspecified atom stereocenters. The fraction of sp³-hybridized carbons (Fsp3) is 0.333. The van der Waals surface area contributed by atoms with Crippen molar-refractivity contribution in [1.29, 1.82) is 0 Å². The molecule has 7 heteroatoms. The lowest BCUT2D eigenvalue weighted by molar-refractivity contribution is -0.133. The number of thiophene rings is 1. The van der Waals surface area contributed by atoms with Crippen LogP contribution in [0.1, 0.15) is 46.1 Å². The fourth-order valence-corrected chi connectivity index (χ4v) is 4.14. The van der Waals surface area contributed by atoms with Crippen LogP contribution >= 0.6 is 11.3 Å². The smallest absolute Gasteiger partial charge is 0.290 e. The highest BCUT2D eigenvalue weighted by molar-refractivity contribution is 7.11. The number of furan rings is 1. The Bertz CT molecular complexity index is 998. The van der Waals surface area contributed by atoms with E-state index in [1.807, 2.05) is 32.9 Å². The van der Waals surface area contributed by atoms with Gasteiger partial charge in [-0.2, -0.15) is 0 Å². The largest absolute Gasteiger partial charge is 0.459 e. The van der Waals surface area contributed by atoms with Crippen LogP contribution in [0.15, 0.2) is 59.2 Å². The van der Waals surface area contributed by atoms with E-state index in [9.17, 15) is 14.0 Å². The van der Waals surface area contributed by atoms with E-state index in [1.54, 1.807) is 45.4 Å². The summed E-state index contributed by atoms with van der Waals surface area (Å²) in [5.41, 5.74) is 0.829. The predicted octanol–water partition coefficient (Wildman–Crippen LogP) is 5.26. The second-order valence-electron chi connectivity index (χ2n) is 7.56. The molecule has 3 aromatic rings. The first kappa shape index (κ1) is 22.7. The van der Waals surface area contributed by atoms with E-state index in [0.717, 1.165) is 10.4 Å². The summed E-state index contributed by atoms with van der Waals surface area (Å²) < 4.78 is 18.6. The van der Waals surface area contributed by atoms with Gasteiger partial charge in [-0.05, 0) is 62.2 Å². The molecule has 0 N–H and O–H groups in total. The Kier molecular flexibility index (Phi) is 7.63. The highest BCUT2D eigenvalue weighted by Gasteiger charge is 2.27. The normalized spacial score (nSPS) is 11.9. The monoisotopic (exact) mass is 442 g/mol. The SMILES string of the molecule is CC[C@@H](C)N(CC(=O)N(Cc1ccc(F)cc1)Cc1ccc(C)s1)C(=O)c1ccco1. The lowest BCUT2D eigenvalue weighted by atomic mass is 10.1. The summed E-state index contributed by atoms with van der Waals surface area (Å²) in [5, 5.41) is 0. The van der Waals surface area contributed by atoms with E-state index in [2.05, 4.69) is 0 Å². The third-order valence-electron chi connectivity index (χ3n) is 5.20. The maximum absolute atomic E-state index is 13.4. The van der Waals surface area contributed by atoms with Crippen LogP contribution in [0.2, 0.25) is 0 Å². The van der Waals surface area contributed by atoms with Crippen LogP contribution in [-0.4, -0.2) is 34.2 Å². The zero-order valence-electron chi connectivity index (χ0n) is 18.0.